The third kappa shape index (κ3) is 4.37. The summed E-state index contributed by atoms with van der Waals surface area (Å²) in [5.74, 6) is 0. The summed E-state index contributed by atoms with van der Waals surface area (Å²) in [6, 6.07) is 1.14. The molecule has 0 aliphatic carbocycles. The molecule has 96 valence electrons. The first-order valence-electron chi connectivity index (χ1n) is 6.30. The molecule has 1 N–H and O–H groups in total. The van der Waals surface area contributed by atoms with Crippen molar-refractivity contribution in [3.8, 4) is 0 Å². The predicted molar refractivity (Wildman–Crippen MR) is 67.9 cm³/mol. The van der Waals surface area contributed by atoms with Gasteiger partial charge >= 0.3 is 0 Å². The van der Waals surface area contributed by atoms with E-state index in [1.54, 1.807) is 7.11 Å². The maximum atomic E-state index is 5.20. The zero-order valence-electron chi connectivity index (χ0n) is 11.2. The van der Waals surface area contributed by atoms with Gasteiger partial charge in [-0.1, -0.05) is 0 Å². The molecular weight excluding hydrogens is 202 g/mol. The maximum absolute atomic E-state index is 5.20. The number of nitrogens with zero attached hydrogens (tertiary/aromatic N) is 2. The molecule has 0 bridgehead atoms. The Morgan fingerprint density at radius 1 is 1.19 bits per heavy atom. The molecule has 16 heavy (non-hydrogen) atoms. The minimum atomic E-state index is 0.454. The van der Waals surface area contributed by atoms with Gasteiger partial charge in [0.15, 0.2) is 0 Å². The molecule has 1 aliphatic heterocycles. The quantitative estimate of drug-likeness (QED) is 0.706. The highest BCUT2D eigenvalue weighted by molar-refractivity contribution is 4.77. The van der Waals surface area contributed by atoms with Crippen LogP contribution >= 0.6 is 0 Å². The molecule has 0 saturated carbocycles. The molecule has 1 heterocycles. The molecule has 0 amide bonds. The van der Waals surface area contributed by atoms with Crippen molar-refractivity contribution in [2.45, 2.75) is 25.9 Å². The highest BCUT2D eigenvalue weighted by Gasteiger charge is 2.20. The molecule has 1 atom stereocenters. The largest absolute Gasteiger partial charge is 0.383 e. The second kappa shape index (κ2) is 7.22. The average molecular weight is 229 g/mol. The topological polar surface area (TPSA) is 27.7 Å². The Morgan fingerprint density at radius 2 is 1.81 bits per heavy atom. The lowest BCUT2D eigenvalue weighted by Crippen LogP contribution is -2.52. The van der Waals surface area contributed by atoms with Crippen LogP contribution in [0, 0.1) is 0 Å². The molecule has 0 radical (unpaired) electrons. The average Bonchev–Trinajstić information content (AvgIpc) is 2.29. The Balaban J connectivity index is 2.25. The van der Waals surface area contributed by atoms with Gasteiger partial charge in [0.2, 0.25) is 0 Å². The van der Waals surface area contributed by atoms with E-state index in [4.69, 9.17) is 4.74 Å². The first-order valence-corrected chi connectivity index (χ1v) is 6.30. The number of piperazine rings is 1. The van der Waals surface area contributed by atoms with Gasteiger partial charge in [-0.15, -0.1) is 0 Å². The van der Waals surface area contributed by atoms with Gasteiger partial charge in [0.25, 0.3) is 0 Å². The van der Waals surface area contributed by atoms with Crippen molar-refractivity contribution in [1.82, 2.24) is 15.1 Å². The summed E-state index contributed by atoms with van der Waals surface area (Å²) >= 11 is 0. The van der Waals surface area contributed by atoms with Gasteiger partial charge in [0.05, 0.1) is 6.61 Å². The normalized spacial score (nSPS) is 21.6. The fraction of sp³-hybridized carbons (Fsp3) is 1.00. The van der Waals surface area contributed by atoms with Gasteiger partial charge in [-0.2, -0.15) is 0 Å². The van der Waals surface area contributed by atoms with Crippen molar-refractivity contribution in [2.24, 2.45) is 0 Å². The Morgan fingerprint density at radius 3 is 2.25 bits per heavy atom. The molecule has 4 heteroatoms. The van der Waals surface area contributed by atoms with E-state index in [0.717, 1.165) is 13.2 Å². The standard InChI is InChI=1S/C12H27N3O/c1-11(2)15-7-5-14(6-8-15)9-12(13-3)10-16-4/h11-13H,5-10H2,1-4H3. The van der Waals surface area contributed by atoms with Crippen LogP contribution in [0.5, 0.6) is 0 Å². The van der Waals surface area contributed by atoms with Gasteiger partial charge in [0, 0.05) is 51.9 Å². The molecular formula is C12H27N3O. The highest BCUT2D eigenvalue weighted by Crippen LogP contribution is 2.06. The van der Waals surface area contributed by atoms with Crippen LogP contribution in [0.4, 0.5) is 0 Å². The van der Waals surface area contributed by atoms with Crippen molar-refractivity contribution in [1.29, 1.82) is 0 Å². The third-order valence-electron chi connectivity index (χ3n) is 3.39. The Kier molecular flexibility index (Phi) is 6.28. The smallest absolute Gasteiger partial charge is 0.0628 e. The number of ether oxygens (including phenoxy) is 1. The van der Waals surface area contributed by atoms with E-state index < -0.39 is 0 Å². The van der Waals surface area contributed by atoms with Gasteiger partial charge in [-0.05, 0) is 20.9 Å². The zero-order chi connectivity index (χ0) is 12.0. The van der Waals surface area contributed by atoms with E-state index in [0.29, 0.717) is 12.1 Å². The van der Waals surface area contributed by atoms with Crippen molar-refractivity contribution >= 4 is 0 Å². The summed E-state index contributed by atoms with van der Waals surface area (Å²) in [4.78, 5) is 5.07. The van der Waals surface area contributed by atoms with Crippen LogP contribution in [0.25, 0.3) is 0 Å². The van der Waals surface area contributed by atoms with Crippen LogP contribution in [-0.4, -0.2) is 75.4 Å². The van der Waals surface area contributed by atoms with Crippen LogP contribution in [0.2, 0.25) is 0 Å². The third-order valence-corrected chi connectivity index (χ3v) is 3.39. The molecule has 0 spiro atoms. The van der Waals surface area contributed by atoms with Crippen LogP contribution in [-0.2, 0) is 4.74 Å². The molecule has 1 rings (SSSR count). The lowest BCUT2D eigenvalue weighted by molar-refractivity contribution is 0.0858. The van der Waals surface area contributed by atoms with Gasteiger partial charge < -0.3 is 10.1 Å². The number of rotatable bonds is 6. The Bertz CT molecular complexity index is 179. The number of hydrogen-bond donors (Lipinski definition) is 1. The summed E-state index contributed by atoms with van der Waals surface area (Å²) in [5, 5.41) is 3.30. The van der Waals surface area contributed by atoms with Crippen molar-refractivity contribution in [2.75, 3.05) is 53.5 Å². The maximum Gasteiger partial charge on any atom is 0.0628 e. The lowest BCUT2D eigenvalue weighted by atomic mass is 10.2. The molecule has 4 nitrogen and oxygen atoms in total. The van der Waals surface area contributed by atoms with Gasteiger partial charge in [-0.3, -0.25) is 9.80 Å². The fourth-order valence-corrected chi connectivity index (χ4v) is 2.20. The van der Waals surface area contributed by atoms with Crippen molar-refractivity contribution in [3.63, 3.8) is 0 Å². The van der Waals surface area contributed by atoms with E-state index in [2.05, 4.69) is 29.0 Å². The minimum Gasteiger partial charge on any atom is -0.383 e. The van der Waals surface area contributed by atoms with Gasteiger partial charge in [-0.25, -0.2) is 0 Å². The molecule has 1 fully saturated rings. The summed E-state index contributed by atoms with van der Waals surface area (Å²) in [7, 11) is 3.77. The van der Waals surface area contributed by atoms with Crippen LogP contribution in [0.3, 0.4) is 0 Å². The second-order valence-corrected chi connectivity index (χ2v) is 4.87. The van der Waals surface area contributed by atoms with Crippen molar-refractivity contribution < 1.29 is 4.74 Å². The summed E-state index contributed by atoms with van der Waals surface area (Å²) in [6.45, 7) is 11.2. The first-order chi connectivity index (χ1) is 7.67. The predicted octanol–water partition coefficient (Wildman–Crippen LogP) is 0.247. The molecule has 0 aromatic rings. The van der Waals surface area contributed by atoms with Crippen LogP contribution in [0.15, 0.2) is 0 Å². The number of nitrogens with one attached hydrogen (secondary N) is 1. The molecule has 1 saturated heterocycles. The fourth-order valence-electron chi connectivity index (χ4n) is 2.20. The molecule has 1 aliphatic rings. The monoisotopic (exact) mass is 229 g/mol. The van der Waals surface area contributed by atoms with E-state index >= 15 is 0 Å². The Labute approximate surface area is 99.9 Å². The Hall–Kier alpha value is -0.160. The summed E-state index contributed by atoms with van der Waals surface area (Å²) in [5.41, 5.74) is 0. The number of hydrogen-bond acceptors (Lipinski definition) is 4. The SMILES string of the molecule is CNC(COC)CN1CCN(C(C)C)CC1. The molecule has 0 aromatic heterocycles. The molecule has 1 unspecified atom stereocenters. The summed E-state index contributed by atoms with van der Waals surface area (Å²) < 4.78 is 5.20. The van der Waals surface area contributed by atoms with Crippen LogP contribution in [0.1, 0.15) is 13.8 Å². The van der Waals surface area contributed by atoms with E-state index in [9.17, 15) is 0 Å². The van der Waals surface area contributed by atoms with Crippen LogP contribution < -0.4 is 5.32 Å². The van der Waals surface area contributed by atoms with Gasteiger partial charge in [0.1, 0.15) is 0 Å². The first kappa shape index (κ1) is 13.9. The second-order valence-electron chi connectivity index (χ2n) is 4.87. The van der Waals surface area contributed by atoms with E-state index in [1.807, 2.05) is 7.05 Å². The number of likely N-dealkylation sites (N-methyl/N-ethyl adjacent to an activating group) is 1. The zero-order valence-corrected chi connectivity index (χ0v) is 11.2. The minimum absolute atomic E-state index is 0.454. The van der Waals surface area contributed by atoms with Crippen molar-refractivity contribution in [3.05, 3.63) is 0 Å². The lowest BCUT2D eigenvalue weighted by Gasteiger charge is -2.38. The number of methoxy groups -OCH3 is 1. The van der Waals surface area contributed by atoms with E-state index in [-0.39, 0.29) is 0 Å². The summed E-state index contributed by atoms with van der Waals surface area (Å²) in [6.07, 6.45) is 0. The molecule has 0 aromatic carbocycles. The van der Waals surface area contributed by atoms with E-state index in [1.165, 1.54) is 26.2 Å². The highest BCUT2D eigenvalue weighted by atomic mass is 16.5.